The Hall–Kier alpha value is -0.580. The molecule has 0 aromatic heterocycles. The van der Waals surface area contributed by atoms with Crippen LogP contribution in [0.15, 0.2) is 30.3 Å². The maximum Gasteiger partial charge on any atom is 0.214 e. The molecule has 1 saturated carbocycles. The lowest BCUT2D eigenvalue weighted by atomic mass is 9.93. The van der Waals surface area contributed by atoms with E-state index >= 15 is 0 Å². The monoisotopic (exact) mass is 315 g/mol. The largest absolute Gasteiger partial charge is 0.214 e. The molecule has 0 spiro atoms. The molecule has 0 aliphatic heterocycles. The third-order valence-corrected chi connectivity index (χ3v) is 6.26. The lowest BCUT2D eigenvalue weighted by Gasteiger charge is -2.36. The van der Waals surface area contributed by atoms with Crippen molar-refractivity contribution in [3.63, 3.8) is 0 Å². The van der Waals surface area contributed by atoms with Crippen LogP contribution in [0.5, 0.6) is 0 Å². The van der Waals surface area contributed by atoms with Gasteiger partial charge in [-0.3, -0.25) is 0 Å². The molecule has 1 aromatic rings. The van der Waals surface area contributed by atoms with Crippen LogP contribution >= 0.6 is 11.6 Å². The first-order valence-electron chi connectivity index (χ1n) is 7.15. The summed E-state index contributed by atoms with van der Waals surface area (Å²) in [6.07, 6.45) is 3.05. The fraction of sp³-hybridized carbons (Fsp3) is 0.600. The Morgan fingerprint density at radius 2 is 1.95 bits per heavy atom. The van der Waals surface area contributed by atoms with E-state index in [0.717, 1.165) is 24.8 Å². The number of hydrogen-bond donors (Lipinski definition) is 0. The molecule has 0 bridgehead atoms. The topological polar surface area (TPSA) is 37.4 Å². The van der Waals surface area contributed by atoms with E-state index < -0.39 is 10.0 Å². The van der Waals surface area contributed by atoms with Gasteiger partial charge in [-0.25, -0.2) is 8.42 Å². The summed E-state index contributed by atoms with van der Waals surface area (Å²) in [5.74, 6) is 0.513. The molecule has 0 radical (unpaired) electrons. The van der Waals surface area contributed by atoms with Crippen molar-refractivity contribution in [2.75, 3.05) is 18.2 Å². The van der Waals surface area contributed by atoms with Gasteiger partial charge in [0.1, 0.15) is 0 Å². The Morgan fingerprint density at radius 3 is 2.45 bits per heavy atom. The predicted octanol–water partition coefficient (Wildman–Crippen LogP) is 3.21. The highest BCUT2D eigenvalue weighted by Crippen LogP contribution is 2.29. The van der Waals surface area contributed by atoms with Crippen molar-refractivity contribution in [1.82, 2.24) is 4.31 Å². The van der Waals surface area contributed by atoms with Crippen LogP contribution in [0.4, 0.5) is 0 Å². The minimum Gasteiger partial charge on any atom is -0.212 e. The second-order valence-corrected chi connectivity index (χ2v) is 7.82. The molecule has 112 valence electrons. The second-order valence-electron chi connectivity index (χ2n) is 5.47. The number of hydrogen-bond acceptors (Lipinski definition) is 2. The molecule has 0 N–H and O–H groups in total. The average molecular weight is 316 g/mol. The first-order chi connectivity index (χ1) is 9.54. The molecule has 1 aliphatic carbocycles. The molecule has 20 heavy (non-hydrogen) atoms. The van der Waals surface area contributed by atoms with E-state index in [1.54, 1.807) is 4.31 Å². The summed E-state index contributed by atoms with van der Waals surface area (Å²) >= 11 is 5.77. The summed E-state index contributed by atoms with van der Waals surface area (Å²) < 4.78 is 26.8. The highest BCUT2D eigenvalue weighted by atomic mass is 35.5. The van der Waals surface area contributed by atoms with Gasteiger partial charge in [0.2, 0.25) is 10.0 Å². The van der Waals surface area contributed by atoms with E-state index in [9.17, 15) is 8.42 Å². The Bertz CT molecular complexity index is 514. The molecule has 0 amide bonds. The minimum absolute atomic E-state index is 0.000831. The van der Waals surface area contributed by atoms with Crippen LogP contribution in [0.3, 0.4) is 0 Å². The average Bonchev–Trinajstić information content (AvgIpc) is 2.36. The normalized spacial score (nSPS) is 17.9. The Morgan fingerprint density at radius 1 is 1.30 bits per heavy atom. The molecule has 1 atom stereocenters. The lowest BCUT2D eigenvalue weighted by Crippen LogP contribution is -2.46. The van der Waals surface area contributed by atoms with E-state index in [1.807, 2.05) is 37.3 Å². The van der Waals surface area contributed by atoms with Crippen LogP contribution in [0.1, 0.15) is 37.7 Å². The number of halogens is 1. The van der Waals surface area contributed by atoms with Gasteiger partial charge in [-0.05, 0) is 24.3 Å². The predicted molar refractivity (Wildman–Crippen MR) is 83.7 cm³/mol. The maximum absolute atomic E-state index is 12.6. The van der Waals surface area contributed by atoms with Gasteiger partial charge in [-0.15, -0.1) is 11.6 Å². The molecule has 0 saturated heterocycles. The zero-order valence-electron chi connectivity index (χ0n) is 11.8. The van der Waals surface area contributed by atoms with E-state index in [0.29, 0.717) is 12.4 Å². The third-order valence-electron chi connectivity index (χ3n) is 3.97. The molecule has 1 aromatic carbocycles. The molecule has 0 heterocycles. The molecule has 3 nitrogen and oxygen atoms in total. The summed E-state index contributed by atoms with van der Waals surface area (Å²) in [6, 6.07) is 9.97. The zero-order valence-corrected chi connectivity index (χ0v) is 13.4. The zero-order chi connectivity index (χ0) is 14.6. The molecule has 5 heteroatoms. The summed E-state index contributed by atoms with van der Waals surface area (Å²) in [5, 5.41) is 0. The number of sulfonamides is 1. The molecule has 2 rings (SSSR count). The van der Waals surface area contributed by atoms with E-state index in [-0.39, 0.29) is 17.7 Å². The maximum atomic E-state index is 12.6. The highest BCUT2D eigenvalue weighted by Gasteiger charge is 2.34. The van der Waals surface area contributed by atoms with Crippen molar-refractivity contribution in [2.45, 2.75) is 38.1 Å². The van der Waals surface area contributed by atoms with Crippen molar-refractivity contribution in [3.8, 4) is 0 Å². The summed E-state index contributed by atoms with van der Waals surface area (Å²) in [6.45, 7) is 2.39. The van der Waals surface area contributed by atoms with E-state index in [4.69, 9.17) is 11.6 Å². The standard InChI is InChI=1S/C15H22ClNO2S/c1-13(14-6-3-2-4-7-14)12-20(18,19)17(11-10-16)15-8-5-9-15/h2-4,6-7,13,15H,5,8-12H2,1H3. The van der Waals surface area contributed by atoms with Gasteiger partial charge in [-0.2, -0.15) is 4.31 Å². The van der Waals surface area contributed by atoms with Gasteiger partial charge in [-0.1, -0.05) is 43.7 Å². The number of alkyl halides is 1. The summed E-state index contributed by atoms with van der Waals surface area (Å²) in [5.41, 5.74) is 1.07. The number of nitrogens with zero attached hydrogens (tertiary/aromatic N) is 1. The summed E-state index contributed by atoms with van der Waals surface area (Å²) in [7, 11) is -3.24. The number of rotatable bonds is 7. The summed E-state index contributed by atoms with van der Waals surface area (Å²) in [4.78, 5) is 0. The lowest BCUT2D eigenvalue weighted by molar-refractivity contribution is 0.227. The Balaban J connectivity index is 2.08. The SMILES string of the molecule is CC(CS(=O)(=O)N(CCCl)C1CCC1)c1ccccc1. The minimum atomic E-state index is -3.24. The Labute approximate surface area is 127 Å². The van der Waals surface area contributed by atoms with E-state index in [2.05, 4.69) is 0 Å². The van der Waals surface area contributed by atoms with Crippen molar-refractivity contribution in [3.05, 3.63) is 35.9 Å². The van der Waals surface area contributed by atoms with Gasteiger partial charge in [0.15, 0.2) is 0 Å². The van der Waals surface area contributed by atoms with Crippen molar-refractivity contribution >= 4 is 21.6 Å². The molecule has 1 fully saturated rings. The van der Waals surface area contributed by atoms with Crippen molar-refractivity contribution in [2.24, 2.45) is 0 Å². The quantitative estimate of drug-likeness (QED) is 0.725. The fourth-order valence-corrected chi connectivity index (χ4v) is 4.93. The third kappa shape index (κ3) is 3.74. The molecule has 1 aliphatic rings. The smallest absolute Gasteiger partial charge is 0.212 e. The van der Waals surface area contributed by atoms with Crippen LogP contribution in [-0.4, -0.2) is 36.9 Å². The van der Waals surface area contributed by atoms with Gasteiger partial charge < -0.3 is 0 Å². The van der Waals surface area contributed by atoms with Crippen LogP contribution in [0, 0.1) is 0 Å². The van der Waals surface area contributed by atoms with Crippen LogP contribution < -0.4 is 0 Å². The van der Waals surface area contributed by atoms with E-state index in [1.165, 1.54) is 0 Å². The highest BCUT2D eigenvalue weighted by molar-refractivity contribution is 7.89. The first kappa shape index (κ1) is 15.8. The van der Waals surface area contributed by atoms with Gasteiger partial charge in [0.25, 0.3) is 0 Å². The number of benzene rings is 1. The van der Waals surface area contributed by atoms with Gasteiger partial charge >= 0.3 is 0 Å². The van der Waals surface area contributed by atoms with Crippen molar-refractivity contribution < 1.29 is 8.42 Å². The fourth-order valence-electron chi connectivity index (χ4n) is 2.60. The molecular formula is C15H22ClNO2S. The van der Waals surface area contributed by atoms with Gasteiger partial charge in [0, 0.05) is 18.5 Å². The second kappa shape index (κ2) is 6.92. The Kier molecular flexibility index (Phi) is 5.47. The first-order valence-corrected chi connectivity index (χ1v) is 9.29. The van der Waals surface area contributed by atoms with Crippen LogP contribution in [0.2, 0.25) is 0 Å². The van der Waals surface area contributed by atoms with Crippen LogP contribution in [0.25, 0.3) is 0 Å². The van der Waals surface area contributed by atoms with Crippen LogP contribution in [-0.2, 0) is 10.0 Å². The van der Waals surface area contributed by atoms with Gasteiger partial charge in [0.05, 0.1) is 5.75 Å². The van der Waals surface area contributed by atoms with Crippen molar-refractivity contribution in [1.29, 1.82) is 0 Å². The molecular weight excluding hydrogens is 294 g/mol. The molecule has 1 unspecified atom stereocenters.